The summed E-state index contributed by atoms with van der Waals surface area (Å²) in [5.41, 5.74) is 8.75. The minimum absolute atomic E-state index is 0.670. The molecule has 0 amide bonds. The zero-order chi connectivity index (χ0) is 34.4. The van der Waals surface area contributed by atoms with E-state index in [2.05, 4.69) is 191 Å². The molecule has 0 aliphatic carbocycles. The van der Waals surface area contributed by atoms with Crippen LogP contribution in [0.1, 0.15) is 5.56 Å². The highest BCUT2D eigenvalue weighted by Crippen LogP contribution is 2.42. The van der Waals surface area contributed by atoms with E-state index >= 15 is 0 Å². The van der Waals surface area contributed by atoms with E-state index in [-0.39, 0.29) is 0 Å². The molecule has 0 radical (unpaired) electrons. The second-order valence-electron chi connectivity index (χ2n) is 11.3. The zero-order valence-corrected chi connectivity index (χ0v) is 29.0. The first-order valence-electron chi connectivity index (χ1n) is 16.6. The zero-order valence-electron chi connectivity index (χ0n) is 28.2. The molecule has 6 aromatic carbocycles. The third kappa shape index (κ3) is 8.32. The predicted octanol–water partition coefficient (Wildman–Crippen LogP) is 12.6. The molecule has 4 nitrogen and oxygen atoms in total. The van der Waals surface area contributed by atoms with E-state index in [0.29, 0.717) is 5.75 Å². The number of thioether (sulfide) groups is 1. The maximum Gasteiger partial charge on any atom is 0.167 e. The van der Waals surface area contributed by atoms with Gasteiger partial charge in [0.1, 0.15) is 0 Å². The van der Waals surface area contributed by atoms with E-state index in [1.807, 2.05) is 31.3 Å². The summed E-state index contributed by atoms with van der Waals surface area (Å²) in [7, 11) is 1.86. The van der Waals surface area contributed by atoms with Crippen molar-refractivity contribution in [2.24, 2.45) is 4.99 Å². The standard InChI is InChI=1S/C45H40N4S/c1-3-4-5-21-34-47(38-22-11-6-12-23-38)45(46-2)50-36-37-35-43(48(39-24-13-7-14-25-39)40-26-15-8-16-27-40)32-33-44(37)49(41-28-17-9-18-29-41)42-30-19-10-20-31-42/h3-35H,1,36H2,2H3/b5-4-,34-21+,46-45?. The molecule has 0 atom stereocenters. The first kappa shape index (κ1) is 33.8. The van der Waals surface area contributed by atoms with Gasteiger partial charge in [0, 0.05) is 53.1 Å². The molecule has 0 bridgehead atoms. The summed E-state index contributed by atoms with van der Waals surface area (Å²) < 4.78 is 0. The molecule has 0 aliphatic rings. The molecule has 6 rings (SSSR count). The summed E-state index contributed by atoms with van der Waals surface area (Å²) >= 11 is 1.71. The highest BCUT2D eigenvalue weighted by atomic mass is 32.2. The van der Waals surface area contributed by atoms with Gasteiger partial charge >= 0.3 is 0 Å². The Bertz CT molecular complexity index is 1950. The van der Waals surface area contributed by atoms with Crippen molar-refractivity contribution in [3.05, 3.63) is 213 Å². The van der Waals surface area contributed by atoms with Gasteiger partial charge in [-0.1, -0.05) is 128 Å². The van der Waals surface area contributed by atoms with Crippen molar-refractivity contribution in [1.29, 1.82) is 0 Å². The fourth-order valence-electron chi connectivity index (χ4n) is 5.74. The van der Waals surface area contributed by atoms with Crippen molar-refractivity contribution < 1.29 is 0 Å². The number of amidine groups is 1. The van der Waals surface area contributed by atoms with Crippen LogP contribution in [0.2, 0.25) is 0 Å². The highest BCUT2D eigenvalue weighted by Gasteiger charge is 2.21. The Labute approximate surface area is 300 Å². The van der Waals surface area contributed by atoms with Gasteiger partial charge in [0.2, 0.25) is 0 Å². The van der Waals surface area contributed by atoms with Gasteiger partial charge in [-0.25, -0.2) is 0 Å². The molecular formula is C45H40N4S. The van der Waals surface area contributed by atoms with E-state index in [9.17, 15) is 0 Å². The van der Waals surface area contributed by atoms with Gasteiger partial charge < -0.3 is 9.80 Å². The number of aliphatic imine (C=N–C) groups is 1. The van der Waals surface area contributed by atoms with E-state index in [1.54, 1.807) is 17.8 Å². The summed E-state index contributed by atoms with van der Waals surface area (Å²) in [5, 5.41) is 0.879. The van der Waals surface area contributed by atoms with Crippen molar-refractivity contribution in [3.8, 4) is 0 Å². The summed E-state index contributed by atoms with van der Waals surface area (Å²) in [6, 6.07) is 59.3. The molecule has 0 spiro atoms. The van der Waals surface area contributed by atoms with Crippen LogP contribution in [0.5, 0.6) is 0 Å². The molecule has 6 aromatic rings. The molecule has 0 N–H and O–H groups in total. The molecule has 0 fully saturated rings. The minimum Gasteiger partial charge on any atom is -0.310 e. The number of rotatable bonds is 12. The Hall–Kier alpha value is -6.04. The number of allylic oxidation sites excluding steroid dienone is 4. The molecule has 0 saturated carbocycles. The van der Waals surface area contributed by atoms with Crippen LogP contribution < -0.4 is 14.7 Å². The van der Waals surface area contributed by atoms with E-state index in [1.165, 1.54) is 5.56 Å². The quantitative estimate of drug-likeness (QED) is 0.0735. The molecular weight excluding hydrogens is 629 g/mol. The molecule has 0 saturated heterocycles. The number of anilines is 7. The highest BCUT2D eigenvalue weighted by molar-refractivity contribution is 8.13. The SMILES string of the molecule is C=C/C=C\C=C\N(C(=NC)SCc1cc(N(c2ccccc2)c2ccccc2)ccc1N(c1ccccc1)c1ccccc1)c1ccccc1. The van der Waals surface area contributed by atoms with Gasteiger partial charge in [0.05, 0.1) is 5.69 Å². The van der Waals surface area contributed by atoms with Crippen molar-refractivity contribution in [2.45, 2.75) is 5.75 Å². The molecule has 246 valence electrons. The first-order valence-corrected chi connectivity index (χ1v) is 17.6. The Kier molecular flexibility index (Phi) is 11.8. The molecule has 50 heavy (non-hydrogen) atoms. The molecule has 5 heteroatoms. The van der Waals surface area contributed by atoms with Crippen LogP contribution >= 0.6 is 11.8 Å². The van der Waals surface area contributed by atoms with Crippen LogP contribution in [0, 0.1) is 0 Å². The molecule has 0 aliphatic heterocycles. The maximum absolute atomic E-state index is 4.81. The third-order valence-electron chi connectivity index (χ3n) is 8.00. The Morgan fingerprint density at radius 2 is 1.00 bits per heavy atom. The largest absolute Gasteiger partial charge is 0.310 e. The van der Waals surface area contributed by atoms with Gasteiger partial charge in [0.15, 0.2) is 5.17 Å². The number of benzene rings is 6. The predicted molar refractivity (Wildman–Crippen MR) is 218 cm³/mol. The second kappa shape index (κ2) is 17.4. The van der Waals surface area contributed by atoms with Gasteiger partial charge in [-0.3, -0.25) is 9.89 Å². The number of hydrogen-bond donors (Lipinski definition) is 0. The van der Waals surface area contributed by atoms with E-state index < -0.39 is 0 Å². The normalized spacial score (nSPS) is 11.5. The monoisotopic (exact) mass is 668 g/mol. The van der Waals surface area contributed by atoms with Gasteiger partial charge in [0.25, 0.3) is 0 Å². The molecule has 0 unspecified atom stereocenters. The van der Waals surface area contributed by atoms with E-state index in [0.717, 1.165) is 45.0 Å². The molecule has 0 heterocycles. The smallest absolute Gasteiger partial charge is 0.167 e. The summed E-state index contributed by atoms with van der Waals surface area (Å²) in [6.07, 6.45) is 9.72. The van der Waals surface area contributed by atoms with Crippen LogP contribution in [0.4, 0.5) is 39.8 Å². The average Bonchev–Trinajstić information content (AvgIpc) is 3.19. The molecule has 0 aromatic heterocycles. The summed E-state index contributed by atoms with van der Waals surface area (Å²) in [6.45, 7) is 3.80. The van der Waals surface area contributed by atoms with Crippen molar-refractivity contribution >= 4 is 56.7 Å². The summed E-state index contributed by atoms with van der Waals surface area (Å²) in [5.74, 6) is 0.670. The topological polar surface area (TPSA) is 22.1 Å². The lowest BCUT2D eigenvalue weighted by atomic mass is 10.1. The van der Waals surface area contributed by atoms with Crippen LogP contribution in [-0.4, -0.2) is 12.2 Å². The van der Waals surface area contributed by atoms with Gasteiger partial charge in [-0.15, -0.1) is 0 Å². The first-order chi connectivity index (χ1) is 24.8. The lowest BCUT2D eigenvalue weighted by Crippen LogP contribution is -2.23. The van der Waals surface area contributed by atoms with Gasteiger partial charge in [-0.2, -0.15) is 0 Å². The fraction of sp³-hybridized carbons (Fsp3) is 0.0444. The maximum atomic E-state index is 4.81. The number of hydrogen-bond acceptors (Lipinski definition) is 4. The van der Waals surface area contributed by atoms with Crippen LogP contribution in [0.25, 0.3) is 0 Å². The van der Waals surface area contributed by atoms with Crippen molar-refractivity contribution in [1.82, 2.24) is 0 Å². The number of para-hydroxylation sites is 5. The lowest BCUT2D eigenvalue weighted by molar-refractivity contribution is 1.22. The Morgan fingerprint density at radius 1 is 0.540 bits per heavy atom. The second-order valence-corrected chi connectivity index (χ2v) is 12.2. The van der Waals surface area contributed by atoms with Crippen molar-refractivity contribution in [2.75, 3.05) is 21.7 Å². The van der Waals surface area contributed by atoms with Crippen LogP contribution in [0.15, 0.2) is 212 Å². The third-order valence-corrected chi connectivity index (χ3v) is 9.09. The van der Waals surface area contributed by atoms with Crippen molar-refractivity contribution in [3.63, 3.8) is 0 Å². The fourth-order valence-corrected chi connectivity index (χ4v) is 6.69. The Balaban J connectivity index is 1.47. The number of nitrogens with zero attached hydrogens (tertiary/aromatic N) is 4. The lowest BCUT2D eigenvalue weighted by Gasteiger charge is -2.31. The Morgan fingerprint density at radius 3 is 1.46 bits per heavy atom. The summed E-state index contributed by atoms with van der Waals surface area (Å²) in [4.78, 5) is 11.6. The van der Waals surface area contributed by atoms with Crippen LogP contribution in [0.3, 0.4) is 0 Å². The minimum atomic E-state index is 0.670. The average molecular weight is 669 g/mol. The van der Waals surface area contributed by atoms with Crippen LogP contribution in [-0.2, 0) is 5.75 Å². The van der Waals surface area contributed by atoms with E-state index in [4.69, 9.17) is 4.99 Å². The van der Waals surface area contributed by atoms with Gasteiger partial charge in [-0.05, 0) is 90.5 Å².